The molecule has 0 saturated carbocycles. The summed E-state index contributed by atoms with van der Waals surface area (Å²) in [4.78, 5) is 36.9. The van der Waals surface area contributed by atoms with Gasteiger partial charge in [-0.15, -0.1) is 0 Å². The molecule has 0 atom stereocenters. The van der Waals surface area contributed by atoms with Crippen LogP contribution in [0.3, 0.4) is 0 Å². The van der Waals surface area contributed by atoms with E-state index < -0.39 is 6.10 Å². The van der Waals surface area contributed by atoms with E-state index in [-0.39, 0.29) is 31.1 Å². The van der Waals surface area contributed by atoms with Crippen molar-refractivity contribution in [2.24, 2.45) is 0 Å². The van der Waals surface area contributed by atoms with Gasteiger partial charge in [0.2, 0.25) is 0 Å². The van der Waals surface area contributed by atoms with Gasteiger partial charge in [0.05, 0.1) is 0 Å². The number of carbonyl (C=O) groups excluding carboxylic acids is 3. The Morgan fingerprint density at radius 3 is 1.16 bits per heavy atom. The number of carbonyl (C=O) groups is 3. The fourth-order valence-corrected chi connectivity index (χ4v) is 4.96. The van der Waals surface area contributed by atoms with Crippen molar-refractivity contribution >= 4 is 17.9 Å². The molecule has 0 aliphatic rings. The number of rotatable bonds is 32. The Morgan fingerprint density at radius 1 is 0.442 bits per heavy atom. The molecule has 0 saturated heterocycles. The summed E-state index contributed by atoms with van der Waals surface area (Å²) in [6.07, 6.45) is 31.1. The van der Waals surface area contributed by atoms with Crippen LogP contribution in [-0.2, 0) is 28.6 Å². The first kappa shape index (κ1) is 41.1. The van der Waals surface area contributed by atoms with Crippen molar-refractivity contribution in [3.8, 4) is 0 Å². The third-order valence-electron chi connectivity index (χ3n) is 7.77. The van der Waals surface area contributed by atoms with E-state index in [2.05, 4.69) is 32.9 Å². The lowest BCUT2D eigenvalue weighted by Gasteiger charge is -2.18. The van der Waals surface area contributed by atoms with Crippen molar-refractivity contribution < 1.29 is 28.6 Å². The maximum absolute atomic E-state index is 12.5. The minimum Gasteiger partial charge on any atom is -0.462 e. The first-order chi connectivity index (χ1) is 21.0. The Bertz CT molecular complexity index is 644. The van der Waals surface area contributed by atoms with Gasteiger partial charge in [-0.05, 0) is 44.9 Å². The second kappa shape index (κ2) is 33.1. The highest BCUT2D eigenvalue weighted by atomic mass is 16.6. The van der Waals surface area contributed by atoms with Crippen LogP contribution in [0, 0.1) is 0 Å². The number of allylic oxidation sites excluding steroid dienone is 2. The van der Waals surface area contributed by atoms with Gasteiger partial charge in [0.1, 0.15) is 13.2 Å². The van der Waals surface area contributed by atoms with Gasteiger partial charge in [0, 0.05) is 19.3 Å². The van der Waals surface area contributed by atoms with Crippen molar-refractivity contribution in [2.45, 2.75) is 194 Å². The number of esters is 3. The van der Waals surface area contributed by atoms with Crippen LogP contribution in [-0.4, -0.2) is 37.2 Å². The van der Waals surface area contributed by atoms with E-state index >= 15 is 0 Å². The summed E-state index contributed by atoms with van der Waals surface area (Å²) in [6, 6.07) is 0. The summed E-state index contributed by atoms with van der Waals surface area (Å²) in [7, 11) is 0. The van der Waals surface area contributed by atoms with Crippen molar-refractivity contribution in [3.05, 3.63) is 12.2 Å². The minimum atomic E-state index is -0.760. The molecule has 0 spiro atoms. The molecule has 0 aliphatic heterocycles. The fourth-order valence-electron chi connectivity index (χ4n) is 4.96. The van der Waals surface area contributed by atoms with Crippen LogP contribution >= 0.6 is 0 Å². The van der Waals surface area contributed by atoms with E-state index in [1.165, 1.54) is 70.6 Å². The van der Waals surface area contributed by atoms with Crippen molar-refractivity contribution in [3.63, 3.8) is 0 Å². The molecule has 0 unspecified atom stereocenters. The van der Waals surface area contributed by atoms with Crippen molar-refractivity contribution in [1.82, 2.24) is 0 Å². The number of ether oxygens (including phenoxy) is 3. The normalized spacial score (nSPS) is 11.3. The Kier molecular flexibility index (Phi) is 31.6. The molecule has 252 valence electrons. The van der Waals surface area contributed by atoms with Gasteiger partial charge in [-0.1, -0.05) is 136 Å². The van der Waals surface area contributed by atoms with Gasteiger partial charge in [-0.2, -0.15) is 0 Å². The molecule has 0 bridgehead atoms. The van der Waals surface area contributed by atoms with Crippen LogP contribution in [0.1, 0.15) is 188 Å². The standard InChI is InChI=1S/C37H68O6/c1-4-7-10-13-14-15-16-17-18-19-20-21-22-25-28-31-37(40)43-34(32-41-35(38)29-26-23-11-8-5-2)33-42-36(39)30-27-24-12-9-6-3/h17-18,34H,4-16,19-33H2,1-3H3/b18-17-. The molecule has 6 heteroatoms. The smallest absolute Gasteiger partial charge is 0.306 e. The SMILES string of the molecule is CCCCCCCC/C=C\CCCCCCCC(=O)OC(COC(=O)CCCCCCC)COC(=O)CCCCCCC. The maximum Gasteiger partial charge on any atom is 0.306 e. The second-order valence-electron chi connectivity index (χ2n) is 12.1. The lowest BCUT2D eigenvalue weighted by Crippen LogP contribution is -2.30. The predicted octanol–water partition coefficient (Wildman–Crippen LogP) is 10.7. The van der Waals surface area contributed by atoms with Crippen LogP contribution in [0.2, 0.25) is 0 Å². The first-order valence-electron chi connectivity index (χ1n) is 18.2. The minimum absolute atomic E-state index is 0.0737. The predicted molar refractivity (Wildman–Crippen MR) is 178 cm³/mol. The molecule has 0 heterocycles. The van der Waals surface area contributed by atoms with E-state index in [1.54, 1.807) is 0 Å². The Labute approximate surface area is 265 Å². The summed E-state index contributed by atoms with van der Waals surface area (Å²) in [6.45, 7) is 6.43. The van der Waals surface area contributed by atoms with E-state index in [1.807, 2.05) is 0 Å². The van der Waals surface area contributed by atoms with Crippen LogP contribution in [0.5, 0.6) is 0 Å². The lowest BCUT2D eigenvalue weighted by molar-refractivity contribution is -0.167. The van der Waals surface area contributed by atoms with E-state index in [0.717, 1.165) is 77.0 Å². The zero-order valence-corrected chi connectivity index (χ0v) is 28.5. The van der Waals surface area contributed by atoms with E-state index in [0.29, 0.717) is 19.3 Å². The summed E-state index contributed by atoms with van der Waals surface area (Å²) < 4.78 is 16.4. The molecule has 0 fully saturated rings. The third-order valence-corrected chi connectivity index (χ3v) is 7.77. The number of unbranched alkanes of at least 4 members (excludes halogenated alkanes) is 19. The van der Waals surface area contributed by atoms with Gasteiger partial charge in [-0.25, -0.2) is 0 Å². The Morgan fingerprint density at radius 2 is 0.767 bits per heavy atom. The Balaban J connectivity index is 4.21. The largest absolute Gasteiger partial charge is 0.462 e. The molecule has 0 aliphatic carbocycles. The van der Waals surface area contributed by atoms with E-state index in [4.69, 9.17) is 14.2 Å². The summed E-state index contributed by atoms with van der Waals surface area (Å²) in [5.74, 6) is -0.914. The highest BCUT2D eigenvalue weighted by Crippen LogP contribution is 2.12. The van der Waals surface area contributed by atoms with Crippen LogP contribution < -0.4 is 0 Å². The quantitative estimate of drug-likeness (QED) is 0.0327. The average Bonchev–Trinajstić information content (AvgIpc) is 3.00. The third kappa shape index (κ3) is 31.4. The summed E-state index contributed by atoms with van der Waals surface area (Å²) in [5, 5.41) is 0. The fraction of sp³-hybridized carbons (Fsp3) is 0.865. The molecule has 0 aromatic heterocycles. The molecule has 0 N–H and O–H groups in total. The molecule has 0 rings (SSSR count). The van der Waals surface area contributed by atoms with Gasteiger partial charge >= 0.3 is 17.9 Å². The van der Waals surface area contributed by atoms with Crippen LogP contribution in [0.15, 0.2) is 12.2 Å². The van der Waals surface area contributed by atoms with Crippen molar-refractivity contribution in [2.75, 3.05) is 13.2 Å². The maximum atomic E-state index is 12.5. The topological polar surface area (TPSA) is 78.9 Å². The number of hydrogen-bond donors (Lipinski definition) is 0. The number of hydrogen-bond acceptors (Lipinski definition) is 6. The highest BCUT2D eigenvalue weighted by molar-refractivity contribution is 5.71. The molecular formula is C37H68O6. The van der Waals surface area contributed by atoms with Gasteiger partial charge in [-0.3, -0.25) is 14.4 Å². The van der Waals surface area contributed by atoms with Gasteiger partial charge in [0.15, 0.2) is 6.10 Å². The lowest BCUT2D eigenvalue weighted by atomic mass is 10.1. The molecular weight excluding hydrogens is 540 g/mol. The van der Waals surface area contributed by atoms with Gasteiger partial charge < -0.3 is 14.2 Å². The average molecular weight is 609 g/mol. The second-order valence-corrected chi connectivity index (χ2v) is 12.1. The molecule has 0 aromatic rings. The zero-order chi connectivity index (χ0) is 31.6. The summed E-state index contributed by atoms with van der Waals surface area (Å²) in [5.41, 5.74) is 0. The van der Waals surface area contributed by atoms with Crippen LogP contribution in [0.4, 0.5) is 0 Å². The molecule has 6 nitrogen and oxygen atoms in total. The molecule has 0 radical (unpaired) electrons. The van der Waals surface area contributed by atoms with Crippen LogP contribution in [0.25, 0.3) is 0 Å². The highest BCUT2D eigenvalue weighted by Gasteiger charge is 2.19. The van der Waals surface area contributed by atoms with Crippen molar-refractivity contribution in [1.29, 1.82) is 0 Å². The molecule has 43 heavy (non-hydrogen) atoms. The zero-order valence-electron chi connectivity index (χ0n) is 28.5. The molecule has 0 amide bonds. The van der Waals surface area contributed by atoms with E-state index in [9.17, 15) is 14.4 Å². The molecule has 0 aromatic carbocycles. The summed E-state index contributed by atoms with van der Waals surface area (Å²) >= 11 is 0. The Hall–Kier alpha value is -1.85. The first-order valence-corrected chi connectivity index (χ1v) is 18.2. The monoisotopic (exact) mass is 609 g/mol. The van der Waals surface area contributed by atoms with Gasteiger partial charge in [0.25, 0.3) is 0 Å².